The molecule has 1 N–H and O–H groups in total. The van der Waals surface area contributed by atoms with Gasteiger partial charge >= 0.3 is 0 Å². The van der Waals surface area contributed by atoms with E-state index in [1.807, 2.05) is 0 Å². The van der Waals surface area contributed by atoms with Crippen molar-refractivity contribution in [1.82, 2.24) is 10.2 Å². The van der Waals surface area contributed by atoms with Gasteiger partial charge in [0.2, 0.25) is 5.89 Å². The number of aliphatic hydroxyl groups excluding tert-OH is 1. The van der Waals surface area contributed by atoms with Gasteiger partial charge in [-0.25, -0.2) is 4.39 Å². The number of rotatable bonds is 3. The molecule has 2 rings (SSSR count). The van der Waals surface area contributed by atoms with Gasteiger partial charge in [-0.15, -0.1) is 10.2 Å². The van der Waals surface area contributed by atoms with E-state index in [0.717, 1.165) is 0 Å². The van der Waals surface area contributed by atoms with Crippen LogP contribution in [0.5, 0.6) is 0 Å². The summed E-state index contributed by atoms with van der Waals surface area (Å²) in [5.41, 5.74) is 0.505. The molecule has 0 saturated heterocycles. The molecule has 1 aromatic carbocycles. The van der Waals surface area contributed by atoms with Gasteiger partial charge < -0.3 is 9.52 Å². The van der Waals surface area contributed by atoms with E-state index in [2.05, 4.69) is 10.2 Å². The van der Waals surface area contributed by atoms with E-state index in [1.165, 1.54) is 23.9 Å². The molecule has 1 atom stereocenters. The Morgan fingerprint density at radius 3 is 2.76 bits per heavy atom. The second-order valence-corrected chi connectivity index (χ2v) is 4.54. The third kappa shape index (κ3) is 2.83. The van der Waals surface area contributed by atoms with E-state index >= 15 is 0 Å². The molecule has 0 bridgehead atoms. The number of hydrogen-bond donors (Lipinski definition) is 1. The van der Waals surface area contributed by atoms with Crippen molar-refractivity contribution in [3.05, 3.63) is 35.5 Å². The molecule has 0 amide bonds. The fraction of sp³-hybridized carbons (Fsp3) is 0.273. The monoisotopic (exact) mass is 254 g/mol. The summed E-state index contributed by atoms with van der Waals surface area (Å²) < 4.78 is 18.3. The molecular formula is C11H11FN2O2S. The van der Waals surface area contributed by atoms with Crippen molar-refractivity contribution in [2.24, 2.45) is 0 Å². The molecule has 0 spiro atoms. The Balaban J connectivity index is 2.32. The van der Waals surface area contributed by atoms with Crippen molar-refractivity contribution in [1.29, 1.82) is 0 Å². The van der Waals surface area contributed by atoms with Gasteiger partial charge in [-0.1, -0.05) is 0 Å². The average Bonchev–Trinajstić information content (AvgIpc) is 2.66. The Labute approximate surface area is 102 Å². The van der Waals surface area contributed by atoms with Crippen LogP contribution in [0, 0.1) is 12.7 Å². The first-order chi connectivity index (χ1) is 8.06. The maximum absolute atomic E-state index is 13.1. The highest BCUT2D eigenvalue weighted by atomic mass is 32.2. The van der Waals surface area contributed by atoms with Crippen molar-refractivity contribution in [3.63, 3.8) is 0 Å². The standard InChI is InChI=1S/C11H11FN2O2S/c1-6(15)9-5-8(12)3-4-10(9)17-11-14-13-7(2)16-11/h3-6,15H,1-2H3/t6-/m0/s1. The highest BCUT2D eigenvalue weighted by Gasteiger charge is 2.13. The number of hydrogen-bond acceptors (Lipinski definition) is 5. The summed E-state index contributed by atoms with van der Waals surface area (Å²) in [6.45, 7) is 3.27. The van der Waals surface area contributed by atoms with Gasteiger partial charge in [0.05, 0.1) is 6.10 Å². The van der Waals surface area contributed by atoms with Crippen LogP contribution in [0.3, 0.4) is 0 Å². The van der Waals surface area contributed by atoms with Crippen LogP contribution in [0.25, 0.3) is 0 Å². The summed E-state index contributed by atoms with van der Waals surface area (Å²) in [6.07, 6.45) is -0.753. The van der Waals surface area contributed by atoms with E-state index in [0.29, 0.717) is 21.6 Å². The average molecular weight is 254 g/mol. The minimum atomic E-state index is -0.753. The molecule has 4 nitrogen and oxygen atoms in total. The lowest BCUT2D eigenvalue weighted by molar-refractivity contribution is 0.196. The molecule has 1 heterocycles. The number of aliphatic hydroxyl groups is 1. The zero-order valence-electron chi connectivity index (χ0n) is 9.35. The van der Waals surface area contributed by atoms with Crippen molar-refractivity contribution >= 4 is 11.8 Å². The van der Waals surface area contributed by atoms with Crippen LogP contribution in [0.2, 0.25) is 0 Å². The number of halogens is 1. The Kier molecular flexibility index (Phi) is 3.44. The van der Waals surface area contributed by atoms with Gasteiger partial charge in [0.1, 0.15) is 5.82 Å². The molecule has 0 radical (unpaired) electrons. The third-order valence-corrected chi connectivity index (χ3v) is 3.06. The molecule has 1 aromatic heterocycles. The Morgan fingerprint density at radius 1 is 1.41 bits per heavy atom. The fourth-order valence-electron chi connectivity index (χ4n) is 1.35. The maximum Gasteiger partial charge on any atom is 0.281 e. The normalized spacial score (nSPS) is 12.7. The second-order valence-electron chi connectivity index (χ2n) is 3.55. The Morgan fingerprint density at radius 2 is 2.18 bits per heavy atom. The number of aromatic nitrogens is 2. The van der Waals surface area contributed by atoms with Crippen LogP contribution >= 0.6 is 11.8 Å². The predicted octanol–water partition coefficient (Wildman–Crippen LogP) is 2.72. The van der Waals surface area contributed by atoms with Crippen LogP contribution in [0.1, 0.15) is 24.5 Å². The second kappa shape index (κ2) is 4.85. The summed E-state index contributed by atoms with van der Waals surface area (Å²) in [5.74, 6) is 0.0835. The Hall–Kier alpha value is -1.40. The number of nitrogens with zero attached hydrogens (tertiary/aromatic N) is 2. The topological polar surface area (TPSA) is 59.2 Å². The first-order valence-corrected chi connectivity index (χ1v) is 5.83. The Bertz CT molecular complexity index is 528. The zero-order valence-corrected chi connectivity index (χ0v) is 10.2. The minimum absolute atomic E-state index is 0.371. The van der Waals surface area contributed by atoms with Crippen molar-refractivity contribution in [2.45, 2.75) is 30.1 Å². The van der Waals surface area contributed by atoms with E-state index in [9.17, 15) is 9.50 Å². The fourth-order valence-corrected chi connectivity index (χ4v) is 2.27. The molecule has 90 valence electrons. The van der Waals surface area contributed by atoms with Crippen LogP contribution in [-0.4, -0.2) is 15.3 Å². The molecule has 2 aromatic rings. The molecule has 0 aliphatic rings. The van der Waals surface area contributed by atoms with E-state index < -0.39 is 6.10 Å². The molecule has 0 unspecified atom stereocenters. The molecule has 6 heteroatoms. The largest absolute Gasteiger partial charge is 0.416 e. The summed E-state index contributed by atoms with van der Waals surface area (Å²) >= 11 is 1.21. The lowest BCUT2D eigenvalue weighted by atomic mass is 10.1. The van der Waals surface area contributed by atoms with Crippen molar-refractivity contribution < 1.29 is 13.9 Å². The number of aryl methyl sites for hydroxylation is 1. The lowest BCUT2D eigenvalue weighted by Gasteiger charge is -2.09. The van der Waals surface area contributed by atoms with Gasteiger partial charge in [0, 0.05) is 11.8 Å². The smallest absolute Gasteiger partial charge is 0.281 e. The van der Waals surface area contributed by atoms with Gasteiger partial charge in [0.25, 0.3) is 5.22 Å². The lowest BCUT2D eigenvalue weighted by Crippen LogP contribution is -1.95. The first-order valence-electron chi connectivity index (χ1n) is 5.01. The van der Waals surface area contributed by atoms with Crippen LogP contribution in [0.15, 0.2) is 32.7 Å². The van der Waals surface area contributed by atoms with Crippen LogP contribution in [0.4, 0.5) is 4.39 Å². The van der Waals surface area contributed by atoms with Crippen molar-refractivity contribution in [3.8, 4) is 0 Å². The van der Waals surface area contributed by atoms with E-state index in [-0.39, 0.29) is 5.82 Å². The van der Waals surface area contributed by atoms with Gasteiger partial charge in [-0.2, -0.15) is 0 Å². The molecule has 0 saturated carbocycles. The maximum atomic E-state index is 13.1. The van der Waals surface area contributed by atoms with Gasteiger partial charge in [-0.3, -0.25) is 0 Å². The van der Waals surface area contributed by atoms with E-state index in [4.69, 9.17) is 4.42 Å². The molecule has 0 aliphatic heterocycles. The first kappa shape index (κ1) is 12.1. The summed E-state index contributed by atoms with van der Waals surface area (Å²) in [6, 6.07) is 4.22. The summed E-state index contributed by atoms with van der Waals surface area (Å²) in [5, 5.41) is 17.5. The molecule has 17 heavy (non-hydrogen) atoms. The van der Waals surface area contributed by atoms with Gasteiger partial charge in [0.15, 0.2) is 0 Å². The third-order valence-electron chi connectivity index (χ3n) is 2.13. The summed E-state index contributed by atoms with van der Waals surface area (Å²) in [7, 11) is 0. The highest BCUT2D eigenvalue weighted by Crippen LogP contribution is 2.32. The predicted molar refractivity (Wildman–Crippen MR) is 60.2 cm³/mol. The van der Waals surface area contributed by atoms with Crippen LogP contribution < -0.4 is 0 Å². The number of benzene rings is 1. The zero-order chi connectivity index (χ0) is 12.4. The summed E-state index contributed by atoms with van der Waals surface area (Å²) in [4.78, 5) is 0.699. The minimum Gasteiger partial charge on any atom is -0.416 e. The van der Waals surface area contributed by atoms with Crippen LogP contribution in [-0.2, 0) is 0 Å². The van der Waals surface area contributed by atoms with Gasteiger partial charge in [-0.05, 0) is 42.4 Å². The molecular weight excluding hydrogens is 243 g/mol. The van der Waals surface area contributed by atoms with Crippen molar-refractivity contribution in [2.75, 3.05) is 0 Å². The highest BCUT2D eigenvalue weighted by molar-refractivity contribution is 7.99. The quantitative estimate of drug-likeness (QED) is 0.912. The SMILES string of the molecule is Cc1nnc(Sc2ccc(F)cc2[C@H](C)O)o1. The molecule has 0 fully saturated rings. The van der Waals surface area contributed by atoms with E-state index in [1.54, 1.807) is 19.9 Å². The molecule has 0 aliphatic carbocycles.